The van der Waals surface area contributed by atoms with Gasteiger partial charge in [-0.1, -0.05) is 0 Å². The van der Waals surface area contributed by atoms with Gasteiger partial charge in [0.25, 0.3) is 0 Å². The van der Waals surface area contributed by atoms with Crippen LogP contribution in [0.3, 0.4) is 0 Å². The molecule has 392 valence electrons. The van der Waals surface area contributed by atoms with Crippen LogP contribution in [0, 0.1) is 0 Å². The van der Waals surface area contributed by atoms with Crippen LogP contribution in [0.4, 0.5) is 0 Å². The van der Waals surface area contributed by atoms with Crippen LogP contribution in [0.2, 0.25) is 0 Å². The van der Waals surface area contributed by atoms with Gasteiger partial charge in [0.05, 0.1) is 19.8 Å². The summed E-state index contributed by atoms with van der Waals surface area (Å²) in [6.07, 6.45) is -12.7. The number of ether oxygens (including phenoxy) is 2. The van der Waals surface area contributed by atoms with Crippen LogP contribution in [0.15, 0.2) is 0 Å². The average Bonchev–Trinajstić information content (AvgIpc) is 3.17. The number of hydrogen-bond donors (Lipinski definition) is 25. The van der Waals surface area contributed by atoms with Crippen LogP contribution in [0.25, 0.3) is 0 Å². The standard InChI is InChI=1S/C12H22O11.8H2O4S/c13-1-4-6(16)8(18)10(20)12(21,23-4)11(3-15)9(19)7(17)5(2-14)22-11;8*1-5(2,3)4/h4-10,13-21H,1-3H2;8*(H2,1,2,3,4)/t4-,5-,6-,7-,8+,9+,10-,11-,12-;;;;;;;;/m1......../s1. The van der Waals surface area contributed by atoms with Crippen LogP contribution in [0.1, 0.15) is 0 Å². The monoisotopic (exact) mass is 1130 g/mol. The van der Waals surface area contributed by atoms with E-state index in [0.29, 0.717) is 0 Å². The first kappa shape index (κ1) is 75.8. The fourth-order valence-corrected chi connectivity index (χ4v) is 3.08. The zero-order valence-electron chi connectivity index (χ0n) is 29.0. The van der Waals surface area contributed by atoms with Crippen molar-refractivity contribution in [1.82, 2.24) is 0 Å². The van der Waals surface area contributed by atoms with Gasteiger partial charge in [-0.2, -0.15) is 67.3 Å². The highest BCUT2D eigenvalue weighted by Gasteiger charge is 2.71. The quantitative estimate of drug-likeness (QED) is 0.116. The first-order valence-corrected chi connectivity index (χ1v) is 23.8. The maximum atomic E-state index is 10.7. The van der Waals surface area contributed by atoms with Gasteiger partial charge in [0.2, 0.25) is 5.79 Å². The lowest BCUT2D eigenvalue weighted by Gasteiger charge is -2.53. The van der Waals surface area contributed by atoms with Crippen molar-refractivity contribution in [2.24, 2.45) is 0 Å². The zero-order chi connectivity index (χ0) is 53.6. The first-order valence-electron chi connectivity index (χ1n) is 12.6. The second kappa shape index (κ2) is 30.0. The molecule has 2 heterocycles. The van der Waals surface area contributed by atoms with E-state index < -0.39 is 157 Å². The molecule has 0 aliphatic carbocycles. The van der Waals surface area contributed by atoms with Crippen molar-refractivity contribution in [1.29, 1.82) is 0 Å². The molecule has 2 saturated heterocycles. The SMILES string of the molecule is O=S(=O)(O)O.O=S(=O)(O)O.O=S(=O)(O)O.O=S(=O)(O)O.O=S(=O)(O)O.O=S(=O)(O)O.O=S(=O)(O)O.O=S(=O)(O)O.OC[C@H]1O[C@@](CO)([C@]2(O)O[C@H](CO)[C@@H](O)[C@H](O)[C@H]2O)[C@@H](O)[C@@H]1O. The van der Waals surface area contributed by atoms with E-state index in [1.54, 1.807) is 0 Å². The van der Waals surface area contributed by atoms with E-state index in [1.807, 2.05) is 0 Å². The van der Waals surface area contributed by atoms with Gasteiger partial charge in [0.1, 0.15) is 42.7 Å². The maximum absolute atomic E-state index is 10.7. The van der Waals surface area contributed by atoms with Gasteiger partial charge < -0.3 is 55.4 Å². The number of hydrogen-bond acceptors (Lipinski definition) is 27. The Morgan fingerprint density at radius 3 is 0.683 bits per heavy atom. The van der Waals surface area contributed by atoms with Crippen molar-refractivity contribution in [2.45, 2.75) is 54.1 Å². The molecule has 63 heavy (non-hydrogen) atoms. The fourth-order valence-electron chi connectivity index (χ4n) is 3.08. The molecule has 0 aromatic carbocycles. The largest absolute Gasteiger partial charge is 0.394 e. The minimum Gasteiger partial charge on any atom is -0.394 e. The Bertz CT molecular complexity index is 1750. The van der Waals surface area contributed by atoms with Crippen molar-refractivity contribution in [3.05, 3.63) is 0 Å². The van der Waals surface area contributed by atoms with Crippen molar-refractivity contribution in [3.63, 3.8) is 0 Å². The fraction of sp³-hybridized carbons (Fsp3) is 1.00. The van der Waals surface area contributed by atoms with Gasteiger partial charge in [-0.3, -0.25) is 72.8 Å². The van der Waals surface area contributed by atoms with Gasteiger partial charge in [0, 0.05) is 0 Å². The molecule has 2 aliphatic rings. The van der Waals surface area contributed by atoms with E-state index in [2.05, 4.69) is 0 Å². The summed E-state index contributed by atoms with van der Waals surface area (Å²) in [5.74, 6) is -2.99. The van der Waals surface area contributed by atoms with E-state index in [0.717, 1.165) is 0 Å². The lowest BCUT2D eigenvalue weighted by Crippen LogP contribution is -2.77. The Hall–Kier alpha value is -1.48. The van der Waals surface area contributed by atoms with Gasteiger partial charge >= 0.3 is 83.2 Å². The highest BCUT2D eigenvalue weighted by Crippen LogP contribution is 2.45. The van der Waals surface area contributed by atoms with E-state index >= 15 is 0 Å². The lowest BCUT2D eigenvalue weighted by atomic mass is 9.78. The molecule has 0 saturated carbocycles. The molecule has 0 amide bonds. The zero-order valence-corrected chi connectivity index (χ0v) is 35.5. The Morgan fingerprint density at radius 2 is 0.524 bits per heavy atom. The predicted molar refractivity (Wildman–Crippen MR) is 182 cm³/mol. The molecule has 9 atom stereocenters. The third-order valence-corrected chi connectivity index (χ3v) is 4.53. The smallest absolute Gasteiger partial charge is 0.394 e. The van der Waals surface area contributed by atoms with E-state index in [-0.39, 0.29) is 0 Å². The Kier molecular flexibility index (Phi) is 36.1. The summed E-state index contributed by atoms with van der Waals surface area (Å²) in [7, 11) is -37.3. The van der Waals surface area contributed by atoms with Crippen molar-refractivity contribution in [3.8, 4) is 0 Å². The number of aliphatic hydroxyl groups is 9. The summed E-state index contributed by atoms with van der Waals surface area (Å²) in [5, 5.41) is 88.2. The first-order chi connectivity index (χ1) is 26.7. The topological polar surface area (TPSA) is 797 Å². The molecule has 2 rings (SSSR count). The molecule has 0 aromatic rings. The summed E-state index contributed by atoms with van der Waals surface area (Å²) < 4.78 is 263. The second-order valence-corrected chi connectivity index (χ2v) is 16.5. The highest BCUT2D eigenvalue weighted by atomic mass is 32.3. The second-order valence-electron chi connectivity index (χ2n) is 9.37. The Labute approximate surface area is 351 Å². The Balaban J connectivity index is -0.000000129. The van der Waals surface area contributed by atoms with Gasteiger partial charge in [-0.25, -0.2) is 0 Å². The minimum atomic E-state index is -4.67. The molecule has 2 aliphatic heterocycles. The van der Waals surface area contributed by atoms with Crippen molar-refractivity contribution < 1.29 is 196 Å². The van der Waals surface area contributed by atoms with Crippen LogP contribution < -0.4 is 0 Å². The van der Waals surface area contributed by atoms with E-state index in [4.69, 9.17) is 160 Å². The Morgan fingerprint density at radius 1 is 0.333 bits per heavy atom. The average molecular weight is 1130 g/mol. The summed E-state index contributed by atoms with van der Waals surface area (Å²) >= 11 is 0. The predicted octanol–water partition coefficient (Wildman–Crippen LogP) is -11.2. The summed E-state index contributed by atoms with van der Waals surface area (Å²) in [4.78, 5) is 0. The molecule has 2 fully saturated rings. The van der Waals surface area contributed by atoms with Crippen LogP contribution >= 0.6 is 0 Å². The maximum Gasteiger partial charge on any atom is 0.394 e. The third kappa shape index (κ3) is 64.9. The normalized spacial score (nSPS) is 27.2. The summed E-state index contributed by atoms with van der Waals surface area (Å²) in [5.41, 5.74) is -2.53. The van der Waals surface area contributed by atoms with Gasteiger partial charge in [-0.05, 0) is 0 Å². The van der Waals surface area contributed by atoms with Crippen LogP contribution in [-0.4, -0.2) is 260 Å². The molecular weight excluding hydrogens is 1090 g/mol. The molecule has 0 bridgehead atoms. The lowest BCUT2D eigenvalue weighted by molar-refractivity contribution is -0.415. The number of aliphatic hydroxyl groups excluding tert-OH is 8. The number of rotatable bonds is 4. The van der Waals surface area contributed by atoms with Crippen LogP contribution in [0.5, 0.6) is 0 Å². The van der Waals surface area contributed by atoms with Crippen molar-refractivity contribution >= 4 is 83.2 Å². The van der Waals surface area contributed by atoms with E-state index in [1.165, 1.54) is 0 Å². The van der Waals surface area contributed by atoms with Crippen LogP contribution in [-0.2, 0) is 92.7 Å². The molecule has 51 heteroatoms. The van der Waals surface area contributed by atoms with Gasteiger partial charge in [-0.15, -0.1) is 0 Å². The summed E-state index contributed by atoms with van der Waals surface area (Å²) in [6.45, 7) is -2.81. The van der Waals surface area contributed by atoms with Gasteiger partial charge in [0.15, 0.2) is 5.60 Å². The summed E-state index contributed by atoms with van der Waals surface area (Å²) in [6, 6.07) is 0. The third-order valence-electron chi connectivity index (χ3n) is 4.53. The van der Waals surface area contributed by atoms with E-state index in [9.17, 15) is 35.7 Å². The minimum absolute atomic E-state index is 0.777. The molecule has 0 radical (unpaired) electrons. The molecule has 0 aromatic heterocycles. The molecule has 0 spiro atoms. The molecular formula is C12H38O43S8. The highest BCUT2D eigenvalue weighted by molar-refractivity contribution is 7.81. The molecule has 25 N–H and O–H groups in total. The molecule has 43 nitrogen and oxygen atoms in total. The molecule has 0 unspecified atom stereocenters. The van der Waals surface area contributed by atoms with Crippen molar-refractivity contribution in [2.75, 3.05) is 19.8 Å².